The number of aliphatic hydroxyl groups excluding tert-OH is 1. The predicted octanol–water partition coefficient (Wildman–Crippen LogP) is 2.79. The van der Waals surface area contributed by atoms with Gasteiger partial charge >= 0.3 is 0 Å². The van der Waals surface area contributed by atoms with Crippen LogP contribution in [0.1, 0.15) is 38.3 Å². The Morgan fingerprint density at radius 2 is 1.96 bits per heavy atom. The Morgan fingerprint density at radius 3 is 2.50 bits per heavy atom. The lowest BCUT2D eigenvalue weighted by atomic mass is 9.94. The van der Waals surface area contributed by atoms with Crippen LogP contribution in [0.2, 0.25) is 0 Å². The van der Waals surface area contributed by atoms with E-state index in [4.69, 9.17) is 9.47 Å². The van der Waals surface area contributed by atoms with Crippen molar-refractivity contribution in [2.45, 2.75) is 32.7 Å². The number of amides is 1. The van der Waals surface area contributed by atoms with Crippen LogP contribution >= 0.6 is 0 Å². The third-order valence-electron chi connectivity index (χ3n) is 4.12. The van der Waals surface area contributed by atoms with Crippen LogP contribution in [0.4, 0.5) is 0 Å². The Morgan fingerprint density at radius 1 is 1.25 bits per heavy atom. The molecule has 2 rings (SSSR count). The standard InChI is InChI=1S/C18H23NO5/c1-5-10-19-15(14(12(20)6-2)16(21)18(19)22)11-8-7-9-13(23-3)17(11)24-4/h7-9,15,21H,5-6,10H2,1-4H3. The molecule has 1 aliphatic heterocycles. The Labute approximate surface area is 141 Å². The second-order valence-electron chi connectivity index (χ2n) is 5.52. The maximum atomic E-state index is 12.5. The topological polar surface area (TPSA) is 76.1 Å². The van der Waals surface area contributed by atoms with E-state index in [-0.39, 0.29) is 17.8 Å². The number of hydrogen-bond acceptors (Lipinski definition) is 5. The number of methoxy groups -OCH3 is 2. The molecule has 0 saturated heterocycles. The molecule has 0 saturated carbocycles. The minimum absolute atomic E-state index is 0.127. The van der Waals surface area contributed by atoms with E-state index >= 15 is 0 Å². The molecule has 0 bridgehead atoms. The molecule has 1 aromatic carbocycles. The van der Waals surface area contributed by atoms with Gasteiger partial charge in [0.25, 0.3) is 5.91 Å². The fraction of sp³-hybridized carbons (Fsp3) is 0.444. The summed E-state index contributed by atoms with van der Waals surface area (Å²) in [6.45, 7) is 4.06. The highest BCUT2D eigenvalue weighted by Crippen LogP contribution is 2.44. The van der Waals surface area contributed by atoms with Crippen LogP contribution in [0.5, 0.6) is 11.5 Å². The van der Waals surface area contributed by atoms with Gasteiger partial charge in [-0.1, -0.05) is 26.0 Å². The van der Waals surface area contributed by atoms with E-state index in [0.717, 1.165) is 0 Å². The van der Waals surface area contributed by atoms with Crippen molar-refractivity contribution >= 4 is 11.7 Å². The van der Waals surface area contributed by atoms with Crippen LogP contribution in [-0.2, 0) is 9.59 Å². The first-order valence-electron chi connectivity index (χ1n) is 7.99. The molecular weight excluding hydrogens is 310 g/mol. The second kappa shape index (κ2) is 7.38. The number of Topliss-reactive ketones (excluding diaryl/α,β-unsaturated/α-hetero) is 1. The van der Waals surface area contributed by atoms with Crippen molar-refractivity contribution in [2.75, 3.05) is 20.8 Å². The van der Waals surface area contributed by atoms with E-state index < -0.39 is 17.7 Å². The van der Waals surface area contributed by atoms with Gasteiger partial charge in [-0.25, -0.2) is 0 Å². The number of carbonyl (C=O) groups excluding carboxylic acids is 2. The van der Waals surface area contributed by atoms with Crippen LogP contribution in [0, 0.1) is 0 Å². The molecule has 1 N–H and O–H groups in total. The van der Waals surface area contributed by atoms with E-state index in [0.29, 0.717) is 30.0 Å². The highest BCUT2D eigenvalue weighted by atomic mass is 16.5. The zero-order chi connectivity index (χ0) is 17.9. The van der Waals surface area contributed by atoms with Crippen molar-refractivity contribution in [1.82, 2.24) is 4.90 Å². The number of hydrogen-bond donors (Lipinski definition) is 1. The van der Waals surface area contributed by atoms with E-state index in [9.17, 15) is 14.7 Å². The molecule has 130 valence electrons. The molecule has 1 heterocycles. The van der Waals surface area contributed by atoms with Crippen LogP contribution in [-0.4, -0.2) is 42.5 Å². The lowest BCUT2D eigenvalue weighted by molar-refractivity contribution is -0.129. The Hall–Kier alpha value is -2.50. The molecule has 0 aliphatic carbocycles. The first-order valence-corrected chi connectivity index (χ1v) is 7.99. The number of carbonyl (C=O) groups is 2. The highest BCUT2D eigenvalue weighted by Gasteiger charge is 2.43. The summed E-state index contributed by atoms with van der Waals surface area (Å²) in [6, 6.07) is 4.63. The number of ether oxygens (including phenoxy) is 2. The van der Waals surface area contributed by atoms with Gasteiger partial charge in [0.15, 0.2) is 23.0 Å². The predicted molar refractivity (Wildman–Crippen MR) is 89.2 cm³/mol. The fourth-order valence-electron chi connectivity index (χ4n) is 3.05. The van der Waals surface area contributed by atoms with Gasteiger partial charge in [-0.15, -0.1) is 0 Å². The van der Waals surface area contributed by atoms with Crippen LogP contribution in [0.3, 0.4) is 0 Å². The largest absolute Gasteiger partial charge is 0.503 e. The maximum absolute atomic E-state index is 12.5. The van der Waals surface area contributed by atoms with Crippen LogP contribution in [0.25, 0.3) is 0 Å². The number of nitrogens with zero attached hydrogens (tertiary/aromatic N) is 1. The molecule has 1 unspecified atom stereocenters. The van der Waals surface area contributed by atoms with Gasteiger partial charge in [-0.3, -0.25) is 9.59 Å². The smallest absolute Gasteiger partial charge is 0.290 e. The number of aliphatic hydroxyl groups is 1. The fourth-order valence-corrected chi connectivity index (χ4v) is 3.05. The molecule has 1 atom stereocenters. The van der Waals surface area contributed by atoms with Crippen molar-refractivity contribution < 1.29 is 24.2 Å². The summed E-state index contributed by atoms with van der Waals surface area (Å²) in [6.07, 6.45) is 0.908. The molecule has 1 aromatic rings. The van der Waals surface area contributed by atoms with Crippen molar-refractivity contribution in [3.8, 4) is 11.5 Å². The number of rotatable bonds is 7. The van der Waals surface area contributed by atoms with Gasteiger partial charge in [-0.2, -0.15) is 0 Å². The molecular formula is C18H23NO5. The van der Waals surface area contributed by atoms with E-state index in [1.165, 1.54) is 19.1 Å². The van der Waals surface area contributed by atoms with Gasteiger partial charge in [0.05, 0.1) is 25.8 Å². The molecule has 24 heavy (non-hydrogen) atoms. The summed E-state index contributed by atoms with van der Waals surface area (Å²) in [5.41, 5.74) is 0.752. The monoisotopic (exact) mass is 333 g/mol. The third-order valence-corrected chi connectivity index (χ3v) is 4.12. The van der Waals surface area contributed by atoms with E-state index in [1.54, 1.807) is 25.1 Å². The SMILES string of the molecule is CCCN1C(=O)C(O)=C(C(=O)CC)C1c1cccc(OC)c1OC. The molecule has 0 radical (unpaired) electrons. The van der Waals surface area contributed by atoms with Crippen molar-refractivity contribution in [3.63, 3.8) is 0 Å². The zero-order valence-corrected chi connectivity index (χ0v) is 14.5. The zero-order valence-electron chi connectivity index (χ0n) is 14.5. The maximum Gasteiger partial charge on any atom is 0.290 e. The van der Waals surface area contributed by atoms with E-state index in [1.807, 2.05) is 6.92 Å². The normalized spacial score (nSPS) is 17.4. The summed E-state index contributed by atoms with van der Waals surface area (Å²) in [4.78, 5) is 26.4. The lowest BCUT2D eigenvalue weighted by Crippen LogP contribution is -2.32. The summed E-state index contributed by atoms with van der Waals surface area (Å²) in [5, 5.41) is 10.3. The van der Waals surface area contributed by atoms with Crippen molar-refractivity contribution in [3.05, 3.63) is 35.1 Å². The summed E-state index contributed by atoms with van der Waals surface area (Å²) < 4.78 is 10.8. The summed E-state index contributed by atoms with van der Waals surface area (Å²) in [5.74, 6) is -0.286. The quantitative estimate of drug-likeness (QED) is 0.830. The molecule has 6 heteroatoms. The minimum atomic E-state index is -0.671. The van der Waals surface area contributed by atoms with E-state index in [2.05, 4.69) is 0 Å². The first-order chi connectivity index (χ1) is 11.5. The van der Waals surface area contributed by atoms with Crippen LogP contribution in [0.15, 0.2) is 29.5 Å². The van der Waals surface area contributed by atoms with Gasteiger partial charge in [0.1, 0.15) is 0 Å². The minimum Gasteiger partial charge on any atom is -0.503 e. The molecule has 6 nitrogen and oxygen atoms in total. The molecule has 0 aromatic heterocycles. The summed E-state index contributed by atoms with van der Waals surface area (Å²) in [7, 11) is 3.03. The van der Waals surface area contributed by atoms with Crippen molar-refractivity contribution in [2.24, 2.45) is 0 Å². The number of ketones is 1. The van der Waals surface area contributed by atoms with Gasteiger partial charge in [0.2, 0.25) is 0 Å². The number of para-hydroxylation sites is 1. The second-order valence-corrected chi connectivity index (χ2v) is 5.52. The first kappa shape index (κ1) is 17.8. The average molecular weight is 333 g/mol. The lowest BCUT2D eigenvalue weighted by Gasteiger charge is -2.28. The van der Waals surface area contributed by atoms with Gasteiger partial charge in [0, 0.05) is 18.5 Å². The molecule has 1 amide bonds. The van der Waals surface area contributed by atoms with Gasteiger partial charge < -0.3 is 19.5 Å². The van der Waals surface area contributed by atoms with Crippen molar-refractivity contribution in [1.29, 1.82) is 0 Å². The van der Waals surface area contributed by atoms with Crippen LogP contribution < -0.4 is 9.47 Å². The number of benzene rings is 1. The average Bonchev–Trinajstić information content (AvgIpc) is 2.85. The highest BCUT2D eigenvalue weighted by molar-refractivity contribution is 6.09. The molecule has 1 aliphatic rings. The molecule has 0 fully saturated rings. The Bertz CT molecular complexity index is 680. The third kappa shape index (κ3) is 2.84. The Kier molecular flexibility index (Phi) is 5.49. The molecule has 0 spiro atoms. The summed E-state index contributed by atoms with van der Waals surface area (Å²) >= 11 is 0. The Balaban J connectivity index is 2.67. The van der Waals surface area contributed by atoms with Gasteiger partial charge in [-0.05, 0) is 12.5 Å².